The second-order valence-electron chi connectivity index (χ2n) is 9.27. The summed E-state index contributed by atoms with van der Waals surface area (Å²) in [6.07, 6.45) is -3.28. The molecule has 0 unspecified atom stereocenters. The lowest BCUT2D eigenvalue weighted by molar-refractivity contribution is -0.137. The van der Waals surface area contributed by atoms with Crippen LogP contribution in [0.5, 0.6) is 0 Å². The first-order valence-corrected chi connectivity index (χ1v) is 13.8. The molecule has 1 aromatic heterocycles. The van der Waals surface area contributed by atoms with Gasteiger partial charge in [-0.05, 0) is 75.4 Å². The summed E-state index contributed by atoms with van der Waals surface area (Å²) in [4.78, 5) is 12.6. The van der Waals surface area contributed by atoms with Crippen LogP contribution in [0.2, 0.25) is 0 Å². The number of carbonyl (C=O) groups excluding carboxylic acids is 1. The molecular weight excluding hydrogens is 560 g/mol. The molecule has 0 fully saturated rings. The number of hydrogen-bond donors (Lipinski definition) is 1. The Kier molecular flexibility index (Phi) is 8.34. The van der Waals surface area contributed by atoms with E-state index in [4.69, 9.17) is 0 Å². The quantitative estimate of drug-likeness (QED) is 0.158. The van der Waals surface area contributed by atoms with Gasteiger partial charge in [0.1, 0.15) is 12.4 Å². The molecule has 3 aromatic carbocycles. The lowest BCUT2D eigenvalue weighted by atomic mass is 10.1. The van der Waals surface area contributed by atoms with E-state index in [1.54, 1.807) is 44.2 Å². The summed E-state index contributed by atoms with van der Waals surface area (Å²) in [6, 6.07) is 17.5. The number of benzene rings is 3. The van der Waals surface area contributed by atoms with Gasteiger partial charge in [0.15, 0.2) is 0 Å². The Hall–Kier alpha value is -4.45. The van der Waals surface area contributed by atoms with Crippen LogP contribution in [-0.2, 0) is 21.0 Å². The molecule has 0 bridgehead atoms. The highest BCUT2D eigenvalue weighted by atomic mass is 32.2. The molecule has 0 aliphatic rings. The number of aryl methyl sites for hydroxylation is 2. The molecule has 0 saturated heterocycles. The maximum absolute atomic E-state index is 13.6. The minimum absolute atomic E-state index is 0.0431. The van der Waals surface area contributed by atoms with Crippen molar-refractivity contribution in [3.63, 3.8) is 0 Å². The highest BCUT2D eigenvalue weighted by Crippen LogP contribution is 2.35. The standard InChI is InChI=1S/C29H26F4N4O3S/c1-19-8-12-24(13-9-19)36(41(39,40)25-14-10-23(30)11-15-25)18-28(38)35-34-17-22-16-20(2)37(21(22)3)27-7-5-4-6-26(27)29(31,32)33/h4-17H,18H2,1-3H3,(H,35,38)/b34-17-. The van der Waals surface area contributed by atoms with Crippen LogP contribution in [0.3, 0.4) is 0 Å². The summed E-state index contributed by atoms with van der Waals surface area (Å²) in [5.41, 5.74) is 3.96. The van der Waals surface area contributed by atoms with Crippen LogP contribution in [0, 0.1) is 26.6 Å². The molecular formula is C29H26F4N4O3S. The number of carbonyl (C=O) groups is 1. The van der Waals surface area contributed by atoms with E-state index < -0.39 is 40.0 Å². The number of sulfonamides is 1. The van der Waals surface area contributed by atoms with Crippen LogP contribution in [0.4, 0.5) is 23.2 Å². The van der Waals surface area contributed by atoms with Gasteiger partial charge in [0.05, 0.1) is 28.0 Å². The first-order chi connectivity index (χ1) is 19.3. The van der Waals surface area contributed by atoms with Gasteiger partial charge in [-0.2, -0.15) is 18.3 Å². The van der Waals surface area contributed by atoms with E-state index in [2.05, 4.69) is 10.5 Å². The van der Waals surface area contributed by atoms with Gasteiger partial charge in [-0.3, -0.25) is 9.10 Å². The molecule has 0 radical (unpaired) electrons. The maximum atomic E-state index is 13.6. The smallest absolute Gasteiger partial charge is 0.317 e. The van der Waals surface area contributed by atoms with Gasteiger partial charge < -0.3 is 4.57 Å². The Morgan fingerprint density at radius 3 is 2.24 bits per heavy atom. The molecule has 7 nitrogen and oxygen atoms in total. The highest BCUT2D eigenvalue weighted by Gasteiger charge is 2.34. The molecule has 4 rings (SSSR count). The van der Waals surface area contributed by atoms with Gasteiger partial charge in [0.2, 0.25) is 0 Å². The van der Waals surface area contributed by atoms with E-state index >= 15 is 0 Å². The number of nitrogens with zero attached hydrogens (tertiary/aromatic N) is 3. The minimum atomic E-state index is -4.56. The molecule has 0 atom stereocenters. The van der Waals surface area contributed by atoms with Gasteiger partial charge in [-0.15, -0.1) is 0 Å². The average molecular weight is 587 g/mol. The van der Waals surface area contributed by atoms with Crippen molar-refractivity contribution in [3.05, 3.63) is 113 Å². The third-order valence-corrected chi connectivity index (χ3v) is 8.11. The van der Waals surface area contributed by atoms with Crippen LogP contribution in [0.1, 0.15) is 28.1 Å². The van der Waals surface area contributed by atoms with Crippen molar-refractivity contribution in [2.75, 3.05) is 10.8 Å². The lowest BCUT2D eigenvalue weighted by Crippen LogP contribution is -2.39. The fourth-order valence-corrected chi connectivity index (χ4v) is 5.72. The molecule has 4 aromatic rings. The van der Waals surface area contributed by atoms with E-state index in [9.17, 15) is 30.8 Å². The third kappa shape index (κ3) is 6.49. The van der Waals surface area contributed by atoms with Gasteiger partial charge >= 0.3 is 6.18 Å². The topological polar surface area (TPSA) is 83.8 Å². The summed E-state index contributed by atoms with van der Waals surface area (Å²) in [6.45, 7) is 4.45. The number of para-hydroxylation sites is 1. The third-order valence-electron chi connectivity index (χ3n) is 6.32. The van der Waals surface area contributed by atoms with Crippen molar-refractivity contribution >= 4 is 27.8 Å². The fourth-order valence-electron chi connectivity index (χ4n) is 4.30. The first-order valence-electron chi connectivity index (χ1n) is 12.3. The van der Waals surface area contributed by atoms with Crippen molar-refractivity contribution in [2.24, 2.45) is 5.10 Å². The van der Waals surface area contributed by atoms with Crippen molar-refractivity contribution < 1.29 is 30.8 Å². The van der Waals surface area contributed by atoms with E-state index in [-0.39, 0.29) is 16.3 Å². The van der Waals surface area contributed by atoms with E-state index in [0.29, 0.717) is 17.0 Å². The van der Waals surface area contributed by atoms with Gasteiger partial charge in [0, 0.05) is 17.0 Å². The average Bonchev–Trinajstić information content (AvgIpc) is 3.20. The fraction of sp³-hybridized carbons (Fsp3) is 0.172. The van der Waals surface area contributed by atoms with Crippen LogP contribution in [0.15, 0.2) is 88.9 Å². The molecule has 0 aliphatic heterocycles. The van der Waals surface area contributed by atoms with Crippen LogP contribution >= 0.6 is 0 Å². The zero-order chi connectivity index (χ0) is 29.9. The van der Waals surface area contributed by atoms with Gasteiger partial charge in [0.25, 0.3) is 15.9 Å². The maximum Gasteiger partial charge on any atom is 0.418 e. The number of nitrogens with one attached hydrogen (secondary N) is 1. The minimum Gasteiger partial charge on any atom is -0.317 e. The zero-order valence-electron chi connectivity index (χ0n) is 22.3. The predicted octanol–water partition coefficient (Wildman–Crippen LogP) is 5.91. The molecule has 0 saturated carbocycles. The summed E-state index contributed by atoms with van der Waals surface area (Å²) in [5.74, 6) is -1.39. The van der Waals surface area contributed by atoms with E-state index in [0.717, 1.165) is 40.2 Å². The number of amides is 1. The molecule has 41 heavy (non-hydrogen) atoms. The Bertz CT molecular complexity index is 1700. The van der Waals surface area contributed by atoms with Crippen LogP contribution < -0.4 is 9.73 Å². The summed E-state index contributed by atoms with van der Waals surface area (Å²) < 4.78 is 83.3. The number of alkyl halides is 3. The Morgan fingerprint density at radius 1 is 0.976 bits per heavy atom. The second kappa shape index (κ2) is 11.6. The van der Waals surface area contributed by atoms with Crippen molar-refractivity contribution in [3.8, 4) is 5.69 Å². The molecule has 1 amide bonds. The van der Waals surface area contributed by atoms with Gasteiger partial charge in [-0.25, -0.2) is 18.2 Å². The van der Waals surface area contributed by atoms with Crippen LogP contribution in [-0.4, -0.2) is 31.7 Å². The lowest BCUT2D eigenvalue weighted by Gasteiger charge is -2.23. The monoisotopic (exact) mass is 586 g/mol. The number of anilines is 1. The largest absolute Gasteiger partial charge is 0.418 e. The van der Waals surface area contributed by atoms with E-state index in [1.807, 2.05) is 6.92 Å². The summed E-state index contributed by atoms with van der Waals surface area (Å²) in [7, 11) is -4.25. The number of rotatable bonds is 8. The second-order valence-corrected chi connectivity index (χ2v) is 11.1. The van der Waals surface area contributed by atoms with Crippen LogP contribution in [0.25, 0.3) is 5.69 Å². The summed E-state index contributed by atoms with van der Waals surface area (Å²) in [5, 5.41) is 3.92. The first kappa shape index (κ1) is 29.5. The number of hydrogen-bond acceptors (Lipinski definition) is 4. The molecule has 1 N–H and O–H groups in total. The molecule has 0 spiro atoms. The SMILES string of the molecule is Cc1ccc(N(CC(=O)N/N=C\c2cc(C)n(-c3ccccc3C(F)(F)F)c2C)S(=O)(=O)c2ccc(F)cc2)cc1. The Labute approximate surface area is 234 Å². The molecule has 214 valence electrons. The number of hydrazone groups is 1. The molecule has 0 aliphatic carbocycles. The number of aromatic nitrogens is 1. The van der Waals surface area contributed by atoms with Crippen molar-refractivity contribution in [2.45, 2.75) is 31.8 Å². The number of halogens is 4. The van der Waals surface area contributed by atoms with Gasteiger partial charge in [-0.1, -0.05) is 29.8 Å². The molecule has 12 heteroatoms. The zero-order valence-corrected chi connectivity index (χ0v) is 23.1. The Morgan fingerprint density at radius 2 is 1.61 bits per heavy atom. The normalized spacial score (nSPS) is 12.1. The van der Waals surface area contributed by atoms with Crippen molar-refractivity contribution in [1.82, 2.24) is 9.99 Å². The predicted molar refractivity (Wildman–Crippen MR) is 148 cm³/mol. The Balaban J connectivity index is 1.57. The highest BCUT2D eigenvalue weighted by molar-refractivity contribution is 7.92. The van der Waals surface area contributed by atoms with Crippen molar-refractivity contribution in [1.29, 1.82) is 0 Å². The summed E-state index contributed by atoms with van der Waals surface area (Å²) >= 11 is 0. The van der Waals surface area contributed by atoms with E-state index in [1.165, 1.54) is 29.0 Å². The molecule has 1 heterocycles.